The van der Waals surface area contributed by atoms with Gasteiger partial charge in [0.25, 0.3) is 0 Å². The summed E-state index contributed by atoms with van der Waals surface area (Å²) >= 11 is 3.46. The molecule has 1 atom stereocenters. The molecule has 0 saturated heterocycles. The zero-order chi connectivity index (χ0) is 8.69. The van der Waals surface area contributed by atoms with E-state index < -0.39 is 0 Å². The second kappa shape index (κ2) is 6.43. The molecular weight excluding hydrogens is 204 g/mol. The summed E-state index contributed by atoms with van der Waals surface area (Å²) in [7, 11) is 1.94. The Hall–Kier alpha value is -0.280. The average Bonchev–Trinajstić information content (AvgIpc) is 2.03. The highest BCUT2D eigenvalue weighted by molar-refractivity contribution is 9.11. The lowest BCUT2D eigenvalue weighted by atomic mass is 10.2. The number of halogens is 1. The molecule has 2 nitrogen and oxygen atoms in total. The fourth-order valence-electron chi connectivity index (χ4n) is 0.801. The number of nitrogens with two attached hydrogens (primary N) is 1. The first-order valence-electron chi connectivity index (χ1n) is 3.67. The minimum atomic E-state index is 0.395. The van der Waals surface area contributed by atoms with Crippen molar-refractivity contribution in [1.29, 1.82) is 0 Å². The first-order chi connectivity index (χ1) is 5.26. The highest BCUT2D eigenvalue weighted by atomic mass is 79.9. The lowest BCUT2D eigenvalue weighted by molar-refractivity contribution is 0.641. The molecule has 11 heavy (non-hydrogen) atoms. The van der Waals surface area contributed by atoms with Gasteiger partial charge in [-0.1, -0.05) is 22.9 Å². The monoisotopic (exact) mass is 218 g/mol. The Morgan fingerprint density at radius 3 is 2.73 bits per heavy atom. The fraction of sp³-hybridized carbons (Fsp3) is 0.500. The molecule has 0 radical (unpaired) electrons. The SMILES string of the molecule is CCC(NC)/C(Br)=C\C=C/N. The van der Waals surface area contributed by atoms with E-state index in [1.807, 2.05) is 19.2 Å². The van der Waals surface area contributed by atoms with Gasteiger partial charge in [0.15, 0.2) is 0 Å². The molecule has 1 unspecified atom stereocenters. The van der Waals surface area contributed by atoms with Crippen LogP contribution >= 0.6 is 15.9 Å². The lowest BCUT2D eigenvalue weighted by Gasteiger charge is -2.11. The number of hydrogen-bond acceptors (Lipinski definition) is 2. The summed E-state index contributed by atoms with van der Waals surface area (Å²) < 4.78 is 1.13. The van der Waals surface area contributed by atoms with E-state index in [9.17, 15) is 0 Å². The van der Waals surface area contributed by atoms with E-state index in [1.54, 1.807) is 0 Å². The van der Waals surface area contributed by atoms with E-state index in [0.717, 1.165) is 10.9 Å². The van der Waals surface area contributed by atoms with Gasteiger partial charge >= 0.3 is 0 Å². The van der Waals surface area contributed by atoms with Gasteiger partial charge < -0.3 is 11.1 Å². The Morgan fingerprint density at radius 1 is 1.73 bits per heavy atom. The zero-order valence-electron chi connectivity index (χ0n) is 6.97. The number of nitrogens with one attached hydrogen (secondary N) is 1. The maximum atomic E-state index is 5.19. The van der Waals surface area contributed by atoms with Crippen LogP contribution in [0.4, 0.5) is 0 Å². The summed E-state index contributed by atoms with van der Waals surface area (Å²) in [6.45, 7) is 2.13. The third-order valence-electron chi connectivity index (χ3n) is 1.46. The molecule has 0 aliphatic rings. The Balaban J connectivity index is 4.06. The van der Waals surface area contributed by atoms with Crippen LogP contribution in [0.3, 0.4) is 0 Å². The van der Waals surface area contributed by atoms with Crippen LogP contribution < -0.4 is 11.1 Å². The minimum absolute atomic E-state index is 0.395. The smallest absolute Gasteiger partial charge is 0.0381 e. The van der Waals surface area contributed by atoms with Gasteiger partial charge in [0.1, 0.15) is 0 Å². The van der Waals surface area contributed by atoms with Crippen molar-refractivity contribution in [2.45, 2.75) is 19.4 Å². The molecule has 0 aliphatic heterocycles. The van der Waals surface area contributed by atoms with Crippen LogP contribution in [-0.4, -0.2) is 13.1 Å². The molecule has 3 heteroatoms. The second-order valence-electron chi connectivity index (χ2n) is 2.19. The van der Waals surface area contributed by atoms with Crippen molar-refractivity contribution >= 4 is 15.9 Å². The van der Waals surface area contributed by atoms with Crippen LogP contribution in [0.15, 0.2) is 22.8 Å². The van der Waals surface area contributed by atoms with Gasteiger partial charge in [0.2, 0.25) is 0 Å². The number of rotatable bonds is 4. The van der Waals surface area contributed by atoms with Gasteiger partial charge in [-0.05, 0) is 31.8 Å². The molecule has 0 spiro atoms. The Bertz CT molecular complexity index is 148. The van der Waals surface area contributed by atoms with Crippen LogP contribution in [0.25, 0.3) is 0 Å². The van der Waals surface area contributed by atoms with Crippen molar-refractivity contribution in [3.05, 3.63) is 22.8 Å². The summed E-state index contributed by atoms with van der Waals surface area (Å²) in [4.78, 5) is 0. The standard InChI is InChI=1S/C8H15BrN2/c1-3-8(11-2)7(9)5-4-6-10/h4-6,8,11H,3,10H2,1-2H3/b6-4-,7-5+. The summed E-state index contributed by atoms with van der Waals surface area (Å²) in [5.41, 5.74) is 5.19. The molecule has 0 saturated carbocycles. The number of likely N-dealkylation sites (N-methyl/N-ethyl adjacent to an activating group) is 1. The summed E-state index contributed by atoms with van der Waals surface area (Å²) in [5.74, 6) is 0. The van der Waals surface area contributed by atoms with E-state index in [4.69, 9.17) is 5.73 Å². The summed E-state index contributed by atoms with van der Waals surface area (Å²) in [5, 5.41) is 3.17. The van der Waals surface area contributed by atoms with E-state index in [-0.39, 0.29) is 0 Å². The minimum Gasteiger partial charge on any atom is -0.405 e. The van der Waals surface area contributed by atoms with E-state index >= 15 is 0 Å². The Morgan fingerprint density at radius 2 is 2.36 bits per heavy atom. The molecule has 0 amide bonds. The van der Waals surface area contributed by atoms with Crippen molar-refractivity contribution in [1.82, 2.24) is 5.32 Å². The van der Waals surface area contributed by atoms with Crippen molar-refractivity contribution < 1.29 is 0 Å². The highest BCUT2D eigenvalue weighted by Gasteiger charge is 2.04. The molecule has 0 aromatic heterocycles. The molecule has 0 rings (SSSR count). The quantitative estimate of drug-likeness (QED) is 0.706. The molecule has 0 aromatic rings. The van der Waals surface area contributed by atoms with Gasteiger partial charge in [0.05, 0.1) is 0 Å². The first kappa shape index (κ1) is 10.7. The van der Waals surface area contributed by atoms with Crippen molar-refractivity contribution in [3.63, 3.8) is 0 Å². The Labute approximate surface area is 76.7 Å². The van der Waals surface area contributed by atoms with E-state index in [0.29, 0.717) is 6.04 Å². The third kappa shape index (κ3) is 4.22. The average molecular weight is 219 g/mol. The zero-order valence-corrected chi connectivity index (χ0v) is 8.56. The molecule has 0 aromatic carbocycles. The maximum absolute atomic E-state index is 5.19. The van der Waals surface area contributed by atoms with Gasteiger partial charge in [-0.25, -0.2) is 0 Å². The van der Waals surface area contributed by atoms with Gasteiger partial charge in [-0.2, -0.15) is 0 Å². The molecule has 64 valence electrons. The van der Waals surface area contributed by atoms with Gasteiger partial charge in [-0.15, -0.1) is 0 Å². The molecule has 0 aliphatic carbocycles. The van der Waals surface area contributed by atoms with Crippen LogP contribution in [0.2, 0.25) is 0 Å². The molecule has 3 N–H and O–H groups in total. The topological polar surface area (TPSA) is 38.0 Å². The predicted molar refractivity (Wildman–Crippen MR) is 53.5 cm³/mol. The maximum Gasteiger partial charge on any atom is 0.0381 e. The largest absolute Gasteiger partial charge is 0.405 e. The van der Waals surface area contributed by atoms with E-state index in [1.165, 1.54) is 6.20 Å². The normalized spacial score (nSPS) is 15.7. The number of allylic oxidation sites excluding steroid dienone is 2. The van der Waals surface area contributed by atoms with Gasteiger partial charge in [-0.3, -0.25) is 0 Å². The van der Waals surface area contributed by atoms with Gasteiger partial charge in [0, 0.05) is 10.5 Å². The molecule has 0 fully saturated rings. The van der Waals surface area contributed by atoms with Crippen molar-refractivity contribution in [2.75, 3.05) is 7.05 Å². The fourth-order valence-corrected chi connectivity index (χ4v) is 1.51. The van der Waals surface area contributed by atoms with E-state index in [2.05, 4.69) is 28.2 Å². The van der Waals surface area contributed by atoms with Crippen LogP contribution in [0, 0.1) is 0 Å². The molecule has 0 heterocycles. The van der Waals surface area contributed by atoms with Crippen molar-refractivity contribution in [3.8, 4) is 0 Å². The number of hydrogen-bond donors (Lipinski definition) is 2. The first-order valence-corrected chi connectivity index (χ1v) is 4.46. The summed E-state index contributed by atoms with van der Waals surface area (Å²) in [6.07, 6.45) is 6.34. The second-order valence-corrected chi connectivity index (χ2v) is 3.10. The van der Waals surface area contributed by atoms with Crippen LogP contribution in [0.1, 0.15) is 13.3 Å². The van der Waals surface area contributed by atoms with Crippen LogP contribution in [0.5, 0.6) is 0 Å². The Kier molecular flexibility index (Phi) is 6.27. The lowest BCUT2D eigenvalue weighted by Crippen LogP contribution is -2.24. The third-order valence-corrected chi connectivity index (χ3v) is 2.27. The molecular formula is C8H15BrN2. The van der Waals surface area contributed by atoms with Crippen LogP contribution in [-0.2, 0) is 0 Å². The highest BCUT2D eigenvalue weighted by Crippen LogP contribution is 2.12. The van der Waals surface area contributed by atoms with Crippen molar-refractivity contribution in [2.24, 2.45) is 5.73 Å². The summed E-state index contributed by atoms with van der Waals surface area (Å²) in [6, 6.07) is 0.395. The predicted octanol–water partition coefficient (Wildman–Crippen LogP) is 1.74. The molecule has 0 bridgehead atoms.